The Bertz CT molecular complexity index is 1360. The molecule has 1 atom stereocenters. The molecule has 0 saturated carbocycles. The molecular formula is C25H28N8O2. The van der Waals surface area contributed by atoms with Gasteiger partial charge in [0.25, 0.3) is 0 Å². The SMILES string of the molecule is Cn1cc(-c2cc(-c3cnc(C4CNCCN4C(=O)OC(C)(C)C)cn3)c3cncnc3c2)cn1. The number of aromatic nitrogens is 6. The van der Waals surface area contributed by atoms with Gasteiger partial charge in [-0.25, -0.2) is 14.8 Å². The minimum absolute atomic E-state index is 0.262. The van der Waals surface area contributed by atoms with Crippen LogP contribution in [0.1, 0.15) is 32.5 Å². The van der Waals surface area contributed by atoms with E-state index in [2.05, 4.69) is 26.4 Å². The number of benzene rings is 1. The Morgan fingerprint density at radius 1 is 1.09 bits per heavy atom. The normalized spacial score (nSPS) is 16.5. The summed E-state index contributed by atoms with van der Waals surface area (Å²) in [5, 5.41) is 8.51. The molecule has 1 N–H and O–H groups in total. The highest BCUT2D eigenvalue weighted by molar-refractivity contribution is 5.96. The molecule has 180 valence electrons. The predicted molar refractivity (Wildman–Crippen MR) is 131 cm³/mol. The third-order valence-electron chi connectivity index (χ3n) is 5.82. The summed E-state index contributed by atoms with van der Waals surface area (Å²) in [5.74, 6) is 0. The first-order valence-electron chi connectivity index (χ1n) is 11.5. The summed E-state index contributed by atoms with van der Waals surface area (Å²) < 4.78 is 7.38. The summed E-state index contributed by atoms with van der Waals surface area (Å²) >= 11 is 0. The van der Waals surface area contributed by atoms with E-state index in [1.165, 1.54) is 6.33 Å². The van der Waals surface area contributed by atoms with Gasteiger partial charge in [-0.2, -0.15) is 5.10 Å². The average Bonchev–Trinajstić information content (AvgIpc) is 3.29. The second-order valence-electron chi connectivity index (χ2n) is 9.60. The molecule has 3 aromatic heterocycles. The fourth-order valence-electron chi connectivity index (χ4n) is 4.19. The summed E-state index contributed by atoms with van der Waals surface area (Å²) in [5.41, 5.74) is 4.51. The topological polar surface area (TPSA) is 111 Å². The van der Waals surface area contributed by atoms with E-state index in [0.29, 0.717) is 31.0 Å². The van der Waals surface area contributed by atoms with Crippen LogP contribution >= 0.6 is 0 Å². The lowest BCUT2D eigenvalue weighted by atomic mass is 10.00. The van der Waals surface area contributed by atoms with Gasteiger partial charge in [0.2, 0.25) is 0 Å². The van der Waals surface area contributed by atoms with Crippen LogP contribution in [0.2, 0.25) is 0 Å². The number of amides is 1. The lowest BCUT2D eigenvalue weighted by Crippen LogP contribution is -2.50. The zero-order valence-corrected chi connectivity index (χ0v) is 20.3. The number of nitrogens with zero attached hydrogens (tertiary/aromatic N) is 7. The second kappa shape index (κ2) is 9.03. The van der Waals surface area contributed by atoms with Gasteiger partial charge in [0.05, 0.1) is 41.5 Å². The van der Waals surface area contributed by atoms with Gasteiger partial charge in [-0.1, -0.05) is 0 Å². The first-order chi connectivity index (χ1) is 16.8. The Hall–Kier alpha value is -3.92. The number of nitrogens with one attached hydrogen (secondary N) is 1. The molecule has 10 nitrogen and oxygen atoms in total. The number of piperazine rings is 1. The maximum absolute atomic E-state index is 12.8. The van der Waals surface area contributed by atoms with Crippen LogP contribution < -0.4 is 5.32 Å². The van der Waals surface area contributed by atoms with Crippen LogP contribution in [0.25, 0.3) is 33.3 Å². The minimum atomic E-state index is -0.565. The molecule has 1 aliphatic heterocycles. The Kier molecular flexibility index (Phi) is 5.89. The average molecular weight is 473 g/mol. The summed E-state index contributed by atoms with van der Waals surface area (Å²) in [4.78, 5) is 32.7. The fourth-order valence-corrected chi connectivity index (χ4v) is 4.19. The smallest absolute Gasteiger partial charge is 0.410 e. The highest BCUT2D eigenvalue weighted by atomic mass is 16.6. The van der Waals surface area contributed by atoms with E-state index in [4.69, 9.17) is 14.7 Å². The van der Waals surface area contributed by atoms with Crippen molar-refractivity contribution >= 4 is 17.0 Å². The standard InChI is InChI=1S/C25H28N8O2/c1-25(2,3)35-24(34)33-6-5-26-13-23(33)22-12-28-21(11-29-22)18-7-16(17-9-31-32(4)14-17)8-20-19(18)10-27-15-30-20/h7-12,14-15,23,26H,5-6,13H2,1-4H3. The Morgan fingerprint density at radius 2 is 1.94 bits per heavy atom. The van der Waals surface area contributed by atoms with Gasteiger partial charge in [0.1, 0.15) is 11.9 Å². The number of carbonyl (C=O) groups is 1. The fraction of sp³-hybridized carbons (Fsp3) is 0.360. The molecule has 4 aromatic rings. The van der Waals surface area contributed by atoms with Crippen molar-refractivity contribution in [1.82, 2.24) is 39.9 Å². The molecule has 1 saturated heterocycles. The van der Waals surface area contributed by atoms with Crippen LogP contribution in [0.5, 0.6) is 0 Å². The van der Waals surface area contributed by atoms with E-state index in [1.807, 2.05) is 46.3 Å². The van der Waals surface area contributed by atoms with Crippen molar-refractivity contribution in [2.75, 3.05) is 19.6 Å². The molecule has 0 aliphatic carbocycles. The van der Waals surface area contributed by atoms with Crippen molar-refractivity contribution in [2.45, 2.75) is 32.4 Å². The van der Waals surface area contributed by atoms with Gasteiger partial charge in [0, 0.05) is 55.6 Å². The van der Waals surface area contributed by atoms with Crippen LogP contribution in [0.15, 0.2) is 49.4 Å². The Labute approximate surface area is 203 Å². The molecular weight excluding hydrogens is 444 g/mol. The summed E-state index contributed by atoms with van der Waals surface area (Å²) in [6.45, 7) is 7.42. The lowest BCUT2D eigenvalue weighted by Gasteiger charge is -2.36. The van der Waals surface area contributed by atoms with Crippen molar-refractivity contribution in [3.63, 3.8) is 0 Å². The molecule has 1 amide bonds. The second-order valence-corrected chi connectivity index (χ2v) is 9.60. The minimum Gasteiger partial charge on any atom is -0.444 e. The van der Waals surface area contributed by atoms with Crippen LogP contribution in [0.4, 0.5) is 4.79 Å². The number of carbonyl (C=O) groups excluding carboxylic acids is 1. The van der Waals surface area contributed by atoms with Gasteiger partial charge in [-0.05, 0) is 38.5 Å². The van der Waals surface area contributed by atoms with Crippen molar-refractivity contribution < 1.29 is 9.53 Å². The van der Waals surface area contributed by atoms with E-state index < -0.39 is 5.60 Å². The number of rotatable bonds is 3. The molecule has 4 heterocycles. The van der Waals surface area contributed by atoms with Crippen molar-refractivity contribution in [3.05, 3.63) is 55.1 Å². The van der Waals surface area contributed by atoms with Crippen LogP contribution in [-0.2, 0) is 11.8 Å². The van der Waals surface area contributed by atoms with E-state index in [0.717, 1.165) is 27.6 Å². The molecule has 5 rings (SSSR count). The van der Waals surface area contributed by atoms with Crippen LogP contribution in [-0.4, -0.2) is 65.9 Å². The predicted octanol–water partition coefficient (Wildman–Crippen LogP) is 3.37. The van der Waals surface area contributed by atoms with E-state index >= 15 is 0 Å². The van der Waals surface area contributed by atoms with Crippen molar-refractivity contribution in [2.24, 2.45) is 7.05 Å². The van der Waals surface area contributed by atoms with Gasteiger partial charge < -0.3 is 10.1 Å². The van der Waals surface area contributed by atoms with Gasteiger partial charge in [-0.15, -0.1) is 0 Å². The number of hydrogen-bond donors (Lipinski definition) is 1. The third kappa shape index (κ3) is 4.83. The third-order valence-corrected chi connectivity index (χ3v) is 5.82. The lowest BCUT2D eigenvalue weighted by molar-refractivity contribution is 0.0113. The molecule has 0 radical (unpaired) electrons. The van der Waals surface area contributed by atoms with Crippen molar-refractivity contribution in [3.8, 4) is 22.4 Å². The zero-order valence-electron chi connectivity index (χ0n) is 20.3. The molecule has 0 bridgehead atoms. The number of ether oxygens (including phenoxy) is 1. The molecule has 1 unspecified atom stereocenters. The first kappa shape index (κ1) is 22.9. The maximum atomic E-state index is 12.8. The Balaban J connectivity index is 1.49. The molecule has 10 heteroatoms. The van der Waals surface area contributed by atoms with Crippen LogP contribution in [0.3, 0.4) is 0 Å². The van der Waals surface area contributed by atoms with Gasteiger partial charge in [0.15, 0.2) is 0 Å². The van der Waals surface area contributed by atoms with Gasteiger partial charge >= 0.3 is 6.09 Å². The number of fused-ring (bicyclic) bond motifs is 1. The highest BCUT2D eigenvalue weighted by Gasteiger charge is 2.32. The maximum Gasteiger partial charge on any atom is 0.410 e. The monoisotopic (exact) mass is 472 g/mol. The highest BCUT2D eigenvalue weighted by Crippen LogP contribution is 2.32. The van der Waals surface area contributed by atoms with E-state index in [-0.39, 0.29) is 12.1 Å². The van der Waals surface area contributed by atoms with E-state index in [1.54, 1.807) is 28.2 Å². The summed E-state index contributed by atoms with van der Waals surface area (Å²) in [6.07, 6.45) is 10.2. The molecule has 35 heavy (non-hydrogen) atoms. The van der Waals surface area contributed by atoms with Crippen molar-refractivity contribution in [1.29, 1.82) is 0 Å². The summed E-state index contributed by atoms with van der Waals surface area (Å²) in [6, 6.07) is 3.81. The number of aryl methyl sites for hydroxylation is 1. The van der Waals surface area contributed by atoms with E-state index in [9.17, 15) is 4.79 Å². The largest absolute Gasteiger partial charge is 0.444 e. The molecule has 1 fully saturated rings. The molecule has 0 spiro atoms. The first-order valence-corrected chi connectivity index (χ1v) is 11.5. The Morgan fingerprint density at radius 3 is 2.66 bits per heavy atom. The number of hydrogen-bond acceptors (Lipinski definition) is 8. The quantitative estimate of drug-likeness (QED) is 0.483. The summed E-state index contributed by atoms with van der Waals surface area (Å²) in [7, 11) is 1.89. The van der Waals surface area contributed by atoms with Crippen LogP contribution in [0, 0.1) is 0 Å². The molecule has 1 aromatic carbocycles. The zero-order chi connectivity index (χ0) is 24.6. The van der Waals surface area contributed by atoms with Gasteiger partial charge in [-0.3, -0.25) is 19.5 Å². The molecule has 1 aliphatic rings.